The molecular formula is C31H29F4N5O2. The van der Waals surface area contributed by atoms with Gasteiger partial charge in [-0.25, -0.2) is 4.39 Å². The van der Waals surface area contributed by atoms with Crippen molar-refractivity contribution in [2.24, 2.45) is 0 Å². The van der Waals surface area contributed by atoms with Gasteiger partial charge in [-0.1, -0.05) is 31.2 Å². The van der Waals surface area contributed by atoms with Gasteiger partial charge in [-0.2, -0.15) is 18.3 Å². The van der Waals surface area contributed by atoms with Gasteiger partial charge in [-0.3, -0.25) is 14.8 Å². The van der Waals surface area contributed by atoms with E-state index >= 15 is 0 Å². The smallest absolute Gasteiger partial charge is 0.373 e. The topological polar surface area (TPSA) is 95.0 Å². The number of nitrogens with zero attached hydrogens (tertiary/aromatic N) is 2. The SMILES string of the molecule is CCCn1ccc(CNC(O)c2cc3c(-c4ccc(C(=O)NCc5cc(C(F)(F)F)ccc5F)cc4)cccc3[nH]2)n1. The van der Waals surface area contributed by atoms with E-state index < -0.39 is 36.2 Å². The number of alkyl halides is 3. The van der Waals surface area contributed by atoms with Crippen molar-refractivity contribution in [1.29, 1.82) is 0 Å². The number of aromatic nitrogens is 3. The predicted octanol–water partition coefficient (Wildman–Crippen LogP) is 6.31. The van der Waals surface area contributed by atoms with Crippen LogP contribution >= 0.6 is 0 Å². The zero-order chi connectivity index (χ0) is 29.9. The van der Waals surface area contributed by atoms with Gasteiger partial charge in [-0.05, 0) is 66.1 Å². The molecule has 218 valence electrons. The van der Waals surface area contributed by atoms with Crippen molar-refractivity contribution in [3.05, 3.63) is 113 Å². The fourth-order valence-corrected chi connectivity index (χ4v) is 4.70. The molecule has 4 N–H and O–H groups in total. The minimum Gasteiger partial charge on any atom is -0.373 e. The third-order valence-electron chi connectivity index (χ3n) is 6.88. The molecular weight excluding hydrogens is 550 g/mol. The van der Waals surface area contributed by atoms with Crippen LogP contribution in [-0.2, 0) is 25.8 Å². The van der Waals surface area contributed by atoms with Gasteiger partial charge in [0.1, 0.15) is 12.0 Å². The van der Waals surface area contributed by atoms with Crippen LogP contribution in [0, 0.1) is 5.82 Å². The van der Waals surface area contributed by atoms with E-state index in [-0.39, 0.29) is 11.1 Å². The lowest BCUT2D eigenvalue weighted by molar-refractivity contribution is -0.137. The summed E-state index contributed by atoms with van der Waals surface area (Å²) < 4.78 is 54.8. The molecule has 1 unspecified atom stereocenters. The van der Waals surface area contributed by atoms with Crippen LogP contribution in [0.2, 0.25) is 0 Å². The first kappa shape index (κ1) is 29.0. The van der Waals surface area contributed by atoms with Gasteiger partial charge in [0.05, 0.1) is 17.0 Å². The summed E-state index contributed by atoms with van der Waals surface area (Å²) in [6.07, 6.45) is -2.67. The number of hydrogen-bond donors (Lipinski definition) is 4. The third kappa shape index (κ3) is 6.53. The Balaban J connectivity index is 1.26. The Morgan fingerprint density at radius 3 is 2.57 bits per heavy atom. The Bertz CT molecular complexity index is 1690. The summed E-state index contributed by atoms with van der Waals surface area (Å²) in [5.74, 6) is -1.38. The number of benzene rings is 3. The molecule has 0 spiro atoms. The summed E-state index contributed by atoms with van der Waals surface area (Å²) in [7, 11) is 0. The first-order valence-electron chi connectivity index (χ1n) is 13.4. The van der Waals surface area contributed by atoms with E-state index in [4.69, 9.17) is 0 Å². The van der Waals surface area contributed by atoms with Gasteiger partial charge < -0.3 is 15.4 Å². The molecule has 0 aliphatic heterocycles. The number of halogens is 4. The third-order valence-corrected chi connectivity index (χ3v) is 6.88. The van der Waals surface area contributed by atoms with Crippen molar-refractivity contribution in [2.75, 3.05) is 0 Å². The van der Waals surface area contributed by atoms with Crippen LogP contribution in [0.5, 0.6) is 0 Å². The maximum Gasteiger partial charge on any atom is 0.416 e. The zero-order valence-corrected chi connectivity index (χ0v) is 22.7. The monoisotopic (exact) mass is 579 g/mol. The summed E-state index contributed by atoms with van der Waals surface area (Å²) in [5, 5.41) is 21.7. The molecule has 0 fully saturated rings. The molecule has 0 radical (unpaired) electrons. The molecule has 0 aliphatic rings. The van der Waals surface area contributed by atoms with Crippen LogP contribution in [0.15, 0.2) is 79.0 Å². The Kier molecular flexibility index (Phi) is 8.41. The number of amides is 1. The molecule has 2 aromatic heterocycles. The Hall–Kier alpha value is -4.48. The molecule has 5 rings (SSSR count). The van der Waals surface area contributed by atoms with Gasteiger partial charge in [0.2, 0.25) is 0 Å². The number of carbonyl (C=O) groups is 1. The fraction of sp³-hybridized carbons (Fsp3) is 0.226. The average molecular weight is 580 g/mol. The van der Waals surface area contributed by atoms with Gasteiger partial charge in [0, 0.05) is 47.9 Å². The lowest BCUT2D eigenvalue weighted by Gasteiger charge is -2.11. The second-order valence-corrected chi connectivity index (χ2v) is 9.91. The fourth-order valence-electron chi connectivity index (χ4n) is 4.70. The second-order valence-electron chi connectivity index (χ2n) is 9.91. The molecule has 3 aromatic carbocycles. The molecule has 1 atom stereocenters. The molecule has 2 heterocycles. The number of fused-ring (bicyclic) bond motifs is 1. The molecule has 0 saturated heterocycles. The van der Waals surface area contributed by atoms with E-state index in [0.717, 1.165) is 46.8 Å². The summed E-state index contributed by atoms with van der Waals surface area (Å²) in [5.41, 5.74) is 2.95. The number of aliphatic hydroxyl groups is 1. The van der Waals surface area contributed by atoms with Crippen LogP contribution in [-0.4, -0.2) is 25.8 Å². The van der Waals surface area contributed by atoms with E-state index in [0.29, 0.717) is 24.4 Å². The summed E-state index contributed by atoms with van der Waals surface area (Å²) in [6, 6.07) is 18.3. The molecule has 7 nitrogen and oxygen atoms in total. The normalized spacial score (nSPS) is 12.5. The van der Waals surface area contributed by atoms with Crippen LogP contribution in [0.3, 0.4) is 0 Å². The molecule has 0 aliphatic carbocycles. The lowest BCUT2D eigenvalue weighted by atomic mass is 10.00. The maximum atomic E-state index is 14.0. The van der Waals surface area contributed by atoms with Crippen molar-refractivity contribution in [1.82, 2.24) is 25.4 Å². The molecule has 11 heteroatoms. The van der Waals surface area contributed by atoms with E-state index in [1.54, 1.807) is 24.3 Å². The van der Waals surface area contributed by atoms with Crippen molar-refractivity contribution in [2.45, 2.75) is 45.4 Å². The maximum absolute atomic E-state index is 14.0. The minimum absolute atomic E-state index is 0.257. The minimum atomic E-state index is -4.61. The van der Waals surface area contributed by atoms with E-state index in [1.165, 1.54) is 0 Å². The lowest BCUT2D eigenvalue weighted by Crippen LogP contribution is -2.23. The van der Waals surface area contributed by atoms with Gasteiger partial charge in [0.15, 0.2) is 0 Å². The molecule has 0 saturated carbocycles. The van der Waals surface area contributed by atoms with Gasteiger partial charge >= 0.3 is 6.18 Å². The van der Waals surface area contributed by atoms with E-state index in [2.05, 4.69) is 27.6 Å². The number of hydrogen-bond acceptors (Lipinski definition) is 4. The van der Waals surface area contributed by atoms with Crippen LogP contribution in [0.4, 0.5) is 17.6 Å². The summed E-state index contributed by atoms with van der Waals surface area (Å²) in [6.45, 7) is 2.91. The first-order chi connectivity index (χ1) is 20.1. The number of nitrogens with one attached hydrogen (secondary N) is 3. The number of carbonyl (C=O) groups excluding carboxylic acids is 1. The number of rotatable bonds is 10. The molecule has 5 aromatic rings. The van der Waals surface area contributed by atoms with Gasteiger partial charge in [-0.15, -0.1) is 0 Å². The van der Waals surface area contributed by atoms with Crippen molar-refractivity contribution < 1.29 is 27.5 Å². The van der Waals surface area contributed by atoms with E-state index in [9.17, 15) is 27.5 Å². The number of aliphatic hydroxyl groups excluding tert-OH is 1. The van der Waals surface area contributed by atoms with Crippen molar-refractivity contribution >= 4 is 16.8 Å². The predicted molar refractivity (Wildman–Crippen MR) is 151 cm³/mol. The quantitative estimate of drug-likeness (QED) is 0.115. The Morgan fingerprint density at radius 1 is 1.05 bits per heavy atom. The standard InChI is InChI=1S/C31H29F4N5O2/c1-2-13-40-14-12-23(39-40)18-37-30(42)28-16-25-24(4-3-5-27(25)38-28)19-6-8-20(9-7-19)29(41)36-17-21-15-22(31(33,34)35)10-11-26(21)32/h3-12,14-16,30,37-38,42H,2,13,17-18H2,1H3,(H,36,41). The van der Waals surface area contributed by atoms with Crippen LogP contribution in [0.1, 0.15) is 52.4 Å². The second kappa shape index (κ2) is 12.2. The highest BCUT2D eigenvalue weighted by molar-refractivity contribution is 5.98. The van der Waals surface area contributed by atoms with Crippen molar-refractivity contribution in [3.8, 4) is 11.1 Å². The number of H-pyrrole nitrogens is 1. The molecule has 0 bridgehead atoms. The largest absolute Gasteiger partial charge is 0.416 e. The summed E-state index contributed by atoms with van der Waals surface area (Å²) in [4.78, 5) is 15.9. The van der Waals surface area contributed by atoms with Crippen LogP contribution in [0.25, 0.3) is 22.0 Å². The highest BCUT2D eigenvalue weighted by Crippen LogP contribution is 2.32. The average Bonchev–Trinajstić information content (AvgIpc) is 3.62. The van der Waals surface area contributed by atoms with E-state index in [1.807, 2.05) is 41.2 Å². The first-order valence-corrected chi connectivity index (χ1v) is 13.4. The van der Waals surface area contributed by atoms with Crippen molar-refractivity contribution in [3.63, 3.8) is 0 Å². The van der Waals surface area contributed by atoms with Crippen LogP contribution < -0.4 is 10.6 Å². The highest BCUT2D eigenvalue weighted by Gasteiger charge is 2.31. The Morgan fingerprint density at radius 2 is 1.83 bits per heavy atom. The summed E-state index contributed by atoms with van der Waals surface area (Å²) >= 11 is 0. The van der Waals surface area contributed by atoms with Gasteiger partial charge in [0.25, 0.3) is 5.91 Å². The molecule has 1 amide bonds. The Labute approximate surface area is 239 Å². The zero-order valence-electron chi connectivity index (χ0n) is 22.7. The number of aromatic amines is 1. The number of aryl methyl sites for hydroxylation is 1. The highest BCUT2D eigenvalue weighted by atomic mass is 19.4. The molecule has 42 heavy (non-hydrogen) atoms.